The maximum Gasteiger partial charge on any atom is 0.238 e. The molecule has 0 radical (unpaired) electrons. The Hall–Kier alpha value is -3.04. The van der Waals surface area contributed by atoms with Crippen LogP contribution in [-0.4, -0.2) is 42.0 Å². The number of aromatic nitrogens is 5. The van der Waals surface area contributed by atoms with Gasteiger partial charge in [0.15, 0.2) is 5.13 Å². The molecule has 5 rings (SSSR count). The Labute approximate surface area is 177 Å². The molecule has 154 valence electrons. The maximum atomic E-state index is 10.2. The molecule has 1 fully saturated rings. The summed E-state index contributed by atoms with van der Waals surface area (Å²) in [5, 5.41) is 18.6. The normalized spacial score (nSPS) is 19.1. The Balaban J connectivity index is 1.35. The van der Waals surface area contributed by atoms with Crippen molar-refractivity contribution in [1.29, 1.82) is 0 Å². The highest BCUT2D eigenvalue weighted by molar-refractivity contribution is 7.22. The van der Waals surface area contributed by atoms with Gasteiger partial charge in [0.2, 0.25) is 5.88 Å². The molecule has 8 nitrogen and oxygen atoms in total. The molecule has 0 bridgehead atoms. The fourth-order valence-electron chi connectivity index (χ4n) is 3.74. The molecule has 3 aromatic heterocycles. The van der Waals surface area contributed by atoms with E-state index in [1.165, 1.54) is 0 Å². The third kappa shape index (κ3) is 3.86. The van der Waals surface area contributed by atoms with Crippen molar-refractivity contribution in [3.05, 3.63) is 42.9 Å². The predicted octanol–water partition coefficient (Wildman–Crippen LogP) is 3.99. The highest BCUT2D eigenvalue weighted by Gasteiger charge is 2.23. The van der Waals surface area contributed by atoms with E-state index in [0.717, 1.165) is 46.7 Å². The van der Waals surface area contributed by atoms with Crippen molar-refractivity contribution in [2.75, 3.05) is 5.32 Å². The van der Waals surface area contributed by atoms with Crippen LogP contribution >= 0.6 is 11.3 Å². The molecular formula is C21H22N6O2S. The molecule has 1 aromatic carbocycles. The number of rotatable bonds is 5. The van der Waals surface area contributed by atoms with Crippen LogP contribution < -0.4 is 10.1 Å². The van der Waals surface area contributed by atoms with Gasteiger partial charge in [-0.2, -0.15) is 5.10 Å². The molecule has 4 aromatic rings. The average Bonchev–Trinajstić information content (AvgIpc) is 3.35. The molecule has 1 aliphatic carbocycles. The highest BCUT2D eigenvalue weighted by Crippen LogP contribution is 2.32. The second kappa shape index (κ2) is 8.00. The molecule has 2 atom stereocenters. The van der Waals surface area contributed by atoms with Crippen molar-refractivity contribution in [2.45, 2.75) is 37.8 Å². The zero-order valence-electron chi connectivity index (χ0n) is 16.5. The molecule has 0 saturated heterocycles. The minimum absolute atomic E-state index is 0.0695. The van der Waals surface area contributed by atoms with E-state index in [1.807, 2.05) is 31.3 Å². The quantitative estimate of drug-likeness (QED) is 0.502. The van der Waals surface area contributed by atoms with Crippen molar-refractivity contribution in [3.8, 4) is 23.0 Å². The molecule has 9 heteroatoms. The van der Waals surface area contributed by atoms with Crippen LogP contribution in [0.2, 0.25) is 0 Å². The number of thiazole rings is 1. The zero-order valence-corrected chi connectivity index (χ0v) is 17.3. The molecule has 1 aliphatic rings. The van der Waals surface area contributed by atoms with Crippen LogP contribution in [0.4, 0.5) is 5.13 Å². The van der Waals surface area contributed by atoms with Gasteiger partial charge >= 0.3 is 0 Å². The van der Waals surface area contributed by atoms with Crippen molar-refractivity contribution in [1.82, 2.24) is 24.7 Å². The molecule has 0 unspecified atom stereocenters. The largest absolute Gasteiger partial charge is 0.437 e. The first-order valence-corrected chi connectivity index (χ1v) is 10.8. The number of nitrogens with one attached hydrogen (secondary N) is 1. The number of hydrogen-bond donors (Lipinski definition) is 2. The van der Waals surface area contributed by atoms with E-state index in [9.17, 15) is 5.11 Å². The van der Waals surface area contributed by atoms with Gasteiger partial charge in [0.05, 0.1) is 40.5 Å². The lowest BCUT2D eigenvalue weighted by Crippen LogP contribution is -2.36. The first-order valence-electron chi connectivity index (χ1n) is 9.99. The van der Waals surface area contributed by atoms with Crippen LogP contribution in [0, 0.1) is 0 Å². The number of fused-ring (bicyclic) bond motifs is 1. The summed E-state index contributed by atoms with van der Waals surface area (Å²) in [6.07, 6.45) is 8.73. The van der Waals surface area contributed by atoms with Crippen LogP contribution in [-0.2, 0) is 7.05 Å². The molecular weight excluding hydrogens is 400 g/mol. The Kier molecular flexibility index (Phi) is 5.06. The fraction of sp³-hybridized carbons (Fsp3) is 0.333. The van der Waals surface area contributed by atoms with E-state index < -0.39 is 0 Å². The second-order valence-electron chi connectivity index (χ2n) is 7.44. The van der Waals surface area contributed by atoms with Gasteiger partial charge in [-0.05, 0) is 31.0 Å². The average molecular weight is 423 g/mol. The molecule has 3 heterocycles. The number of ether oxygens (including phenoxy) is 1. The number of aryl methyl sites for hydroxylation is 1. The molecule has 0 amide bonds. The van der Waals surface area contributed by atoms with Gasteiger partial charge < -0.3 is 15.2 Å². The first kappa shape index (κ1) is 19.0. The minimum atomic E-state index is -0.310. The molecule has 1 saturated carbocycles. The van der Waals surface area contributed by atoms with E-state index in [-0.39, 0.29) is 12.1 Å². The lowest BCUT2D eigenvalue weighted by molar-refractivity contribution is 0.116. The highest BCUT2D eigenvalue weighted by atomic mass is 32.1. The summed E-state index contributed by atoms with van der Waals surface area (Å²) in [6.45, 7) is 0. The molecule has 30 heavy (non-hydrogen) atoms. The van der Waals surface area contributed by atoms with Crippen molar-refractivity contribution < 1.29 is 9.84 Å². The third-order valence-corrected chi connectivity index (χ3v) is 6.27. The standard InChI is InChI=1S/C21H22N6O2S/c1-27-17(8-9-23-27)16-11-22-12-20(24-16)29-13-6-7-15-19(10-13)30-21(26-15)25-14-4-2-3-5-18(14)28/h6-12,14,18,28H,2-5H2,1H3,(H,25,26)/t14-,18-/m1/s1. The van der Waals surface area contributed by atoms with Gasteiger partial charge in [0.25, 0.3) is 0 Å². The number of hydrogen-bond acceptors (Lipinski definition) is 8. The smallest absolute Gasteiger partial charge is 0.238 e. The van der Waals surface area contributed by atoms with Crippen LogP contribution in [0.1, 0.15) is 25.7 Å². The van der Waals surface area contributed by atoms with E-state index in [0.29, 0.717) is 17.3 Å². The number of anilines is 1. The van der Waals surface area contributed by atoms with E-state index in [2.05, 4.69) is 25.4 Å². The lowest BCUT2D eigenvalue weighted by atomic mass is 9.93. The number of aliphatic hydroxyl groups excluding tert-OH is 1. The fourth-order valence-corrected chi connectivity index (χ4v) is 4.69. The van der Waals surface area contributed by atoms with Gasteiger partial charge in [-0.3, -0.25) is 9.67 Å². The number of aliphatic hydroxyl groups is 1. The van der Waals surface area contributed by atoms with Crippen LogP contribution in [0.15, 0.2) is 42.9 Å². The Morgan fingerprint density at radius 1 is 1.17 bits per heavy atom. The molecule has 2 N–H and O–H groups in total. The van der Waals surface area contributed by atoms with Crippen LogP contribution in [0.3, 0.4) is 0 Å². The lowest BCUT2D eigenvalue weighted by Gasteiger charge is -2.27. The number of benzene rings is 1. The molecule has 0 aliphatic heterocycles. The summed E-state index contributed by atoms with van der Waals surface area (Å²) in [7, 11) is 1.86. The molecule has 0 spiro atoms. The maximum absolute atomic E-state index is 10.2. The van der Waals surface area contributed by atoms with Crippen LogP contribution in [0.25, 0.3) is 21.6 Å². The summed E-state index contributed by atoms with van der Waals surface area (Å²) in [5.41, 5.74) is 2.46. The van der Waals surface area contributed by atoms with Gasteiger partial charge in [0, 0.05) is 19.3 Å². The van der Waals surface area contributed by atoms with Crippen molar-refractivity contribution in [3.63, 3.8) is 0 Å². The van der Waals surface area contributed by atoms with Gasteiger partial charge in [-0.15, -0.1) is 0 Å². The second-order valence-corrected chi connectivity index (χ2v) is 8.47. The third-order valence-electron chi connectivity index (χ3n) is 5.32. The predicted molar refractivity (Wildman–Crippen MR) is 116 cm³/mol. The number of nitrogens with zero attached hydrogens (tertiary/aromatic N) is 5. The Morgan fingerprint density at radius 3 is 2.90 bits per heavy atom. The monoisotopic (exact) mass is 422 g/mol. The zero-order chi connectivity index (χ0) is 20.5. The minimum Gasteiger partial charge on any atom is -0.437 e. The van der Waals surface area contributed by atoms with E-state index in [1.54, 1.807) is 34.6 Å². The Bertz CT molecular complexity index is 1170. The van der Waals surface area contributed by atoms with Crippen LogP contribution in [0.5, 0.6) is 11.6 Å². The van der Waals surface area contributed by atoms with Crippen molar-refractivity contribution >= 4 is 26.7 Å². The summed E-state index contributed by atoms with van der Waals surface area (Å²) >= 11 is 1.56. The van der Waals surface area contributed by atoms with Gasteiger partial charge in [0.1, 0.15) is 11.4 Å². The van der Waals surface area contributed by atoms with Gasteiger partial charge in [-0.1, -0.05) is 24.2 Å². The topological polar surface area (TPSA) is 98.0 Å². The van der Waals surface area contributed by atoms with E-state index in [4.69, 9.17) is 4.74 Å². The van der Waals surface area contributed by atoms with Crippen molar-refractivity contribution in [2.24, 2.45) is 7.05 Å². The summed E-state index contributed by atoms with van der Waals surface area (Å²) in [6, 6.07) is 7.71. The summed E-state index contributed by atoms with van der Waals surface area (Å²) in [4.78, 5) is 13.4. The van der Waals surface area contributed by atoms with Gasteiger partial charge in [-0.25, -0.2) is 9.97 Å². The summed E-state index contributed by atoms with van der Waals surface area (Å²) in [5.74, 6) is 1.09. The van der Waals surface area contributed by atoms with E-state index >= 15 is 0 Å². The first-order chi connectivity index (χ1) is 14.7. The summed E-state index contributed by atoms with van der Waals surface area (Å²) < 4.78 is 8.71. The SMILES string of the molecule is Cn1nccc1-c1cncc(Oc2ccc3nc(N[C@@H]4CCCC[C@H]4O)sc3c2)n1. The Morgan fingerprint density at radius 2 is 2.07 bits per heavy atom.